The number of benzene rings is 3. The predicted octanol–water partition coefficient (Wildman–Crippen LogP) is 4.51. The third kappa shape index (κ3) is 7.10. The highest BCUT2D eigenvalue weighted by atomic mass is 31.1. The van der Waals surface area contributed by atoms with E-state index in [9.17, 15) is 19.9 Å². The highest BCUT2D eigenvalue weighted by Crippen LogP contribution is 2.44. The molecule has 3 aromatic carbocycles. The normalized spacial score (nSPS) is 23.1. The lowest BCUT2D eigenvalue weighted by molar-refractivity contribution is -0.170. The monoisotopic (exact) mass is 730 g/mol. The number of aliphatic hydroxyl groups is 2. The summed E-state index contributed by atoms with van der Waals surface area (Å²) in [5, 5.41) is 24.1. The molecular formula is C36H39N6O9P. The zero-order valence-corrected chi connectivity index (χ0v) is 29.5. The lowest BCUT2D eigenvalue weighted by Gasteiger charge is -2.27. The molecule has 1 saturated heterocycles. The van der Waals surface area contributed by atoms with Crippen LogP contribution >= 0.6 is 8.17 Å². The molecule has 6 atom stereocenters. The van der Waals surface area contributed by atoms with Crippen LogP contribution in [0.5, 0.6) is 17.4 Å². The number of fused-ring (bicyclic) bond motifs is 2. The van der Waals surface area contributed by atoms with Crippen LogP contribution in [0.4, 0.5) is 5.95 Å². The first-order valence-corrected chi connectivity index (χ1v) is 18.1. The van der Waals surface area contributed by atoms with Crippen LogP contribution in [0.3, 0.4) is 0 Å². The number of nitrogens with zero attached hydrogens (tertiary/aromatic N) is 5. The molecule has 2 fully saturated rings. The fraction of sp³-hybridized carbons (Fsp3) is 0.389. The average molecular weight is 731 g/mol. The third-order valence-corrected chi connectivity index (χ3v) is 10.2. The summed E-state index contributed by atoms with van der Waals surface area (Å²) in [5.74, 6) is -0.230. The Hall–Kier alpha value is -4.92. The van der Waals surface area contributed by atoms with Crippen molar-refractivity contribution in [3.05, 3.63) is 78.6 Å². The second-order valence-corrected chi connectivity index (χ2v) is 13.9. The Morgan fingerprint density at radius 3 is 2.63 bits per heavy atom. The van der Waals surface area contributed by atoms with E-state index in [-0.39, 0.29) is 41.7 Å². The van der Waals surface area contributed by atoms with Crippen molar-refractivity contribution in [2.45, 2.75) is 75.2 Å². The van der Waals surface area contributed by atoms with Crippen molar-refractivity contribution < 1.29 is 43.4 Å². The van der Waals surface area contributed by atoms with Crippen molar-refractivity contribution in [1.29, 1.82) is 0 Å². The van der Waals surface area contributed by atoms with Crippen molar-refractivity contribution in [2.75, 3.05) is 19.5 Å². The Morgan fingerprint density at radius 2 is 1.87 bits per heavy atom. The van der Waals surface area contributed by atoms with E-state index in [1.807, 2.05) is 18.2 Å². The highest BCUT2D eigenvalue weighted by Gasteiger charge is 2.54. The molecule has 7 rings (SSSR count). The number of esters is 1. The zero-order chi connectivity index (χ0) is 36.4. The quantitative estimate of drug-likeness (QED) is 0.126. The first kappa shape index (κ1) is 35.5. The molecule has 0 spiro atoms. The van der Waals surface area contributed by atoms with Crippen LogP contribution in [0.1, 0.15) is 56.9 Å². The van der Waals surface area contributed by atoms with Gasteiger partial charge in [-0.2, -0.15) is 9.97 Å². The van der Waals surface area contributed by atoms with Gasteiger partial charge in [-0.05, 0) is 49.6 Å². The van der Waals surface area contributed by atoms with E-state index in [1.54, 1.807) is 48.5 Å². The first-order chi connectivity index (χ1) is 25.1. The van der Waals surface area contributed by atoms with Gasteiger partial charge in [-0.3, -0.25) is 9.09 Å². The molecule has 0 radical (unpaired) electrons. The van der Waals surface area contributed by atoms with E-state index >= 15 is 0 Å². The minimum absolute atomic E-state index is 0.0747. The molecule has 15 nitrogen and oxygen atoms in total. The molecule has 4 N–H and O–H groups in total. The van der Waals surface area contributed by atoms with Gasteiger partial charge in [-0.25, -0.2) is 9.78 Å². The molecule has 2 aliphatic rings. The Bertz CT molecular complexity index is 2090. The second kappa shape index (κ2) is 15.0. The van der Waals surface area contributed by atoms with Crippen LogP contribution in [-0.2, 0) is 14.3 Å². The molecule has 1 aliphatic carbocycles. The number of ether oxygens (including phenoxy) is 4. The number of anilines is 1. The van der Waals surface area contributed by atoms with Gasteiger partial charge in [0, 0.05) is 5.39 Å². The van der Waals surface area contributed by atoms with Gasteiger partial charge in [0.05, 0.1) is 13.4 Å². The maximum atomic E-state index is 13.7. The first-order valence-electron chi connectivity index (χ1n) is 17.0. The number of methoxy groups -OCH3 is 1. The smallest absolute Gasteiger partial charge is 0.395 e. The number of aromatic nitrogens is 4. The molecule has 0 bridgehead atoms. The number of carbonyl (C=O) groups excluding carboxylic acids is 1. The van der Waals surface area contributed by atoms with Crippen molar-refractivity contribution in [2.24, 2.45) is 4.74 Å². The summed E-state index contributed by atoms with van der Waals surface area (Å²) in [6.07, 6.45) is 2.17. The second-order valence-electron chi connectivity index (χ2n) is 13.0. The van der Waals surface area contributed by atoms with Gasteiger partial charge in [0.1, 0.15) is 30.5 Å². The predicted molar refractivity (Wildman–Crippen MR) is 188 cm³/mol. The van der Waals surface area contributed by atoms with Crippen LogP contribution < -0.4 is 24.6 Å². The van der Waals surface area contributed by atoms with E-state index in [0.29, 0.717) is 16.5 Å². The van der Waals surface area contributed by atoms with Gasteiger partial charge < -0.3 is 39.8 Å². The molecule has 16 heteroatoms. The van der Waals surface area contributed by atoms with Gasteiger partial charge in [-0.1, -0.05) is 71.8 Å². The number of rotatable bonds is 11. The van der Waals surface area contributed by atoms with Crippen molar-refractivity contribution in [1.82, 2.24) is 19.5 Å². The van der Waals surface area contributed by atoms with Gasteiger partial charge in [0.2, 0.25) is 23.6 Å². The third-order valence-electron chi connectivity index (χ3n) is 9.41. The van der Waals surface area contributed by atoms with Crippen molar-refractivity contribution in [3.8, 4) is 17.4 Å². The van der Waals surface area contributed by atoms with Crippen molar-refractivity contribution in [3.63, 3.8) is 0 Å². The number of hydrogen-bond donors (Lipinski definition) is 3. The van der Waals surface area contributed by atoms with Gasteiger partial charge in [0.25, 0.3) is 0 Å². The highest BCUT2D eigenvalue weighted by molar-refractivity contribution is 7.34. The van der Waals surface area contributed by atoms with E-state index < -0.39 is 44.2 Å². The zero-order valence-electron chi connectivity index (χ0n) is 28.6. The van der Waals surface area contributed by atoms with Gasteiger partial charge in [-0.15, -0.1) is 0 Å². The molecule has 2 aromatic heterocycles. The average Bonchev–Trinajstić information content (AvgIpc) is 3.66. The fourth-order valence-electron chi connectivity index (χ4n) is 6.69. The molecule has 5 aromatic rings. The topological polar surface area (TPSA) is 209 Å². The fourth-order valence-corrected chi connectivity index (χ4v) is 7.50. The number of imidazole rings is 1. The molecule has 272 valence electrons. The number of carbonyl (C=O) groups is 1. The summed E-state index contributed by atoms with van der Waals surface area (Å²) in [6.45, 7) is 1.18. The summed E-state index contributed by atoms with van der Waals surface area (Å²) in [7, 11) is -1.42. The molecule has 52 heavy (non-hydrogen) atoms. The maximum Gasteiger partial charge on any atom is 0.395 e. The van der Waals surface area contributed by atoms with Crippen LogP contribution in [0, 0.1) is 0 Å². The lowest BCUT2D eigenvalue weighted by Crippen LogP contribution is -2.44. The van der Waals surface area contributed by atoms with E-state index in [0.717, 1.165) is 37.5 Å². The molecule has 3 heterocycles. The Balaban J connectivity index is 1.15. The van der Waals surface area contributed by atoms with Crippen LogP contribution in [0.25, 0.3) is 21.9 Å². The number of nitrogen functional groups attached to an aromatic ring is 1. The Kier molecular flexibility index (Phi) is 10.2. The Labute approximate surface area is 299 Å². The van der Waals surface area contributed by atoms with E-state index in [1.165, 1.54) is 24.9 Å². The molecule has 2 unspecified atom stereocenters. The number of aliphatic hydroxyl groups excluding tert-OH is 1. The minimum Gasteiger partial charge on any atom is -0.575 e. The summed E-state index contributed by atoms with van der Waals surface area (Å²) in [4.78, 5) is 39.7. The van der Waals surface area contributed by atoms with Gasteiger partial charge >= 0.3 is 14.1 Å². The summed E-state index contributed by atoms with van der Waals surface area (Å²) in [6, 6.07) is 18.4. The van der Waals surface area contributed by atoms with E-state index in [2.05, 4.69) is 19.7 Å². The molecule has 1 aliphatic heterocycles. The summed E-state index contributed by atoms with van der Waals surface area (Å²) >= 11 is 0. The molecule has 1 saturated carbocycles. The van der Waals surface area contributed by atoms with Crippen LogP contribution in [-0.4, -0.2) is 73.3 Å². The SMILES string of the molecule is COc1nc(N)nc2c1ncn2C1O[C@H](COc2ccc3ccccc3c2O[P+]([O-])=N[C@H](C(=O)OC2CCCCC2)c2ccccc2)[C@@H](O)[C@@]1(C)O. The minimum atomic E-state index is -2.84. The molecular weight excluding hydrogens is 691 g/mol. The van der Waals surface area contributed by atoms with E-state index in [4.69, 9.17) is 29.2 Å². The number of hydrogen-bond acceptors (Lipinski definition) is 14. The standard InChI is InChI=1S/C36H39N6O9P/c1-36(45)30(43)26(50-34(36)42-20-38-28-31(42)39-35(37)40-32(28)47-2)19-48-25-18-17-21-11-9-10-16-24(21)29(25)51-52(46)41-27(22-12-5-3-6-13-22)33(44)49-23-14-7-4-8-15-23/h3,5-6,9-13,16-18,20,23,26-27,30,34,43,45H,4,7-8,14-15,19H2,1-2H3,(H2,37,39,40)/t26-,27+,30-,34?,36-/m1/s1. The van der Waals surface area contributed by atoms with Crippen molar-refractivity contribution >= 4 is 42.0 Å². The number of nitrogens with two attached hydrogens (primary N) is 1. The summed E-state index contributed by atoms with van der Waals surface area (Å²) in [5.41, 5.74) is 5.11. The largest absolute Gasteiger partial charge is 0.575 e. The lowest BCUT2D eigenvalue weighted by atomic mass is 9.96. The van der Waals surface area contributed by atoms with Crippen LogP contribution in [0.2, 0.25) is 0 Å². The molecule has 0 amide bonds. The van der Waals surface area contributed by atoms with Crippen LogP contribution in [0.15, 0.2) is 77.8 Å². The van der Waals surface area contributed by atoms with Gasteiger partial charge in [0.15, 0.2) is 23.1 Å². The summed E-state index contributed by atoms with van der Waals surface area (Å²) < 4.78 is 35.2. The Morgan fingerprint density at radius 1 is 1.12 bits per heavy atom. The maximum absolute atomic E-state index is 13.7.